The highest BCUT2D eigenvalue weighted by Crippen LogP contribution is 2.46. The highest BCUT2D eigenvalue weighted by molar-refractivity contribution is 4.97. The maximum absolute atomic E-state index is 4.34. The average molecular weight is 292 g/mol. The van der Waals surface area contributed by atoms with Crippen molar-refractivity contribution in [3.8, 4) is 0 Å². The fourth-order valence-corrected chi connectivity index (χ4v) is 3.10. The van der Waals surface area contributed by atoms with Gasteiger partial charge in [0.25, 0.3) is 0 Å². The monoisotopic (exact) mass is 292 g/mol. The summed E-state index contributed by atoms with van der Waals surface area (Å²) >= 11 is 0. The summed E-state index contributed by atoms with van der Waals surface area (Å²) in [6.07, 6.45) is 6.94. The second-order valence-corrected chi connectivity index (χ2v) is 7.93. The Morgan fingerprint density at radius 3 is 2.62 bits per heavy atom. The van der Waals surface area contributed by atoms with Gasteiger partial charge in [-0.1, -0.05) is 39.8 Å². The van der Waals surface area contributed by atoms with Crippen LogP contribution in [0.1, 0.15) is 59.6 Å². The Morgan fingerprint density at radius 1 is 1.33 bits per heavy atom. The van der Waals surface area contributed by atoms with Crippen LogP contribution in [0.4, 0.5) is 0 Å². The predicted octanol–water partition coefficient (Wildman–Crippen LogP) is 3.28. The van der Waals surface area contributed by atoms with E-state index in [4.69, 9.17) is 0 Å². The quantitative estimate of drug-likeness (QED) is 0.748. The molecule has 1 N–H and O–H groups in total. The molecule has 1 fully saturated rings. The molecule has 0 aliphatic heterocycles. The number of rotatable bonds is 8. The Kier molecular flexibility index (Phi) is 5.42. The molecule has 1 saturated carbocycles. The van der Waals surface area contributed by atoms with Crippen LogP contribution in [0.2, 0.25) is 0 Å². The molecule has 1 aromatic rings. The molecule has 0 spiro atoms. The van der Waals surface area contributed by atoms with E-state index in [1.165, 1.54) is 18.5 Å². The summed E-state index contributed by atoms with van der Waals surface area (Å²) in [6, 6.07) is 0.563. The summed E-state index contributed by atoms with van der Waals surface area (Å²) in [5.74, 6) is 1.61. The van der Waals surface area contributed by atoms with E-state index in [0.717, 1.165) is 31.8 Å². The summed E-state index contributed by atoms with van der Waals surface area (Å²) in [5, 5.41) is 12.0. The second-order valence-electron chi connectivity index (χ2n) is 7.93. The molecule has 2 rings (SSSR count). The molecule has 0 radical (unpaired) electrons. The zero-order valence-corrected chi connectivity index (χ0v) is 14.4. The van der Waals surface area contributed by atoms with Crippen LogP contribution in [-0.2, 0) is 13.0 Å². The van der Waals surface area contributed by atoms with Crippen molar-refractivity contribution in [2.75, 3.05) is 6.54 Å². The van der Waals surface area contributed by atoms with E-state index in [0.29, 0.717) is 17.4 Å². The van der Waals surface area contributed by atoms with Crippen LogP contribution in [0.15, 0.2) is 6.20 Å². The van der Waals surface area contributed by atoms with Gasteiger partial charge < -0.3 is 5.32 Å². The van der Waals surface area contributed by atoms with Crippen molar-refractivity contribution in [1.82, 2.24) is 20.3 Å². The number of aromatic nitrogens is 3. The van der Waals surface area contributed by atoms with Crippen molar-refractivity contribution in [2.24, 2.45) is 17.3 Å². The maximum Gasteiger partial charge on any atom is 0.0725 e. The summed E-state index contributed by atoms with van der Waals surface area (Å²) in [6.45, 7) is 13.6. The van der Waals surface area contributed by atoms with Crippen LogP contribution in [0.25, 0.3) is 0 Å². The molecule has 1 heterocycles. The van der Waals surface area contributed by atoms with Crippen molar-refractivity contribution >= 4 is 0 Å². The summed E-state index contributed by atoms with van der Waals surface area (Å²) in [5.41, 5.74) is 1.64. The minimum atomic E-state index is 0.351. The van der Waals surface area contributed by atoms with Gasteiger partial charge in [-0.3, -0.25) is 0 Å². The molecular formula is C17H32N4. The van der Waals surface area contributed by atoms with Crippen molar-refractivity contribution in [3.05, 3.63) is 11.9 Å². The summed E-state index contributed by atoms with van der Waals surface area (Å²) < 4.78 is 2.16. The highest BCUT2D eigenvalue weighted by atomic mass is 15.4. The van der Waals surface area contributed by atoms with Gasteiger partial charge >= 0.3 is 0 Å². The number of aryl methyl sites for hydroxylation is 1. The lowest BCUT2D eigenvalue weighted by Crippen LogP contribution is -2.28. The highest BCUT2D eigenvalue weighted by Gasteiger charge is 2.39. The van der Waals surface area contributed by atoms with E-state index in [-0.39, 0.29) is 0 Å². The lowest BCUT2D eigenvalue weighted by Gasteiger charge is -2.31. The molecule has 0 amide bonds. The molecule has 4 heteroatoms. The van der Waals surface area contributed by atoms with E-state index >= 15 is 0 Å². The van der Waals surface area contributed by atoms with Gasteiger partial charge in [-0.05, 0) is 49.5 Å². The fraction of sp³-hybridized carbons (Fsp3) is 0.882. The van der Waals surface area contributed by atoms with Crippen LogP contribution in [0, 0.1) is 17.3 Å². The average Bonchev–Trinajstić information content (AvgIpc) is 3.11. The number of hydrogen-bond acceptors (Lipinski definition) is 3. The Bertz CT molecular complexity index is 426. The normalized spacial score (nSPS) is 17.4. The lowest BCUT2D eigenvalue weighted by molar-refractivity contribution is 0.175. The van der Waals surface area contributed by atoms with E-state index in [1.807, 2.05) is 6.20 Å². The van der Waals surface area contributed by atoms with Crippen molar-refractivity contribution in [2.45, 2.75) is 72.9 Å². The SMILES string of the molecule is CC(C)NCCCc1cnnn1CC(C1CC1)C(C)(C)C. The Labute approximate surface area is 129 Å². The molecule has 0 aromatic carbocycles. The number of nitrogens with one attached hydrogen (secondary N) is 1. The minimum Gasteiger partial charge on any atom is -0.315 e. The van der Waals surface area contributed by atoms with Crippen LogP contribution >= 0.6 is 0 Å². The van der Waals surface area contributed by atoms with E-state index < -0.39 is 0 Å². The molecule has 120 valence electrons. The smallest absolute Gasteiger partial charge is 0.0725 e. The lowest BCUT2D eigenvalue weighted by atomic mass is 9.77. The van der Waals surface area contributed by atoms with E-state index in [2.05, 4.69) is 54.9 Å². The molecule has 0 saturated heterocycles. The Hall–Kier alpha value is -0.900. The van der Waals surface area contributed by atoms with Crippen LogP contribution in [0.5, 0.6) is 0 Å². The molecule has 0 bridgehead atoms. The van der Waals surface area contributed by atoms with Crippen LogP contribution < -0.4 is 5.32 Å². The second kappa shape index (κ2) is 6.91. The van der Waals surface area contributed by atoms with E-state index in [9.17, 15) is 0 Å². The first-order valence-electron chi connectivity index (χ1n) is 8.48. The number of hydrogen-bond donors (Lipinski definition) is 1. The maximum atomic E-state index is 4.34. The van der Waals surface area contributed by atoms with Gasteiger partial charge in [0, 0.05) is 12.6 Å². The van der Waals surface area contributed by atoms with Gasteiger partial charge in [0.15, 0.2) is 0 Å². The van der Waals surface area contributed by atoms with Gasteiger partial charge in [0.1, 0.15) is 0 Å². The van der Waals surface area contributed by atoms with Gasteiger partial charge in [-0.25, -0.2) is 4.68 Å². The first-order chi connectivity index (χ1) is 9.88. The zero-order chi connectivity index (χ0) is 15.5. The third kappa shape index (κ3) is 5.10. The molecule has 4 nitrogen and oxygen atoms in total. The molecule has 1 aliphatic rings. The topological polar surface area (TPSA) is 42.7 Å². The standard InChI is InChI=1S/C17H32N4/c1-13(2)18-10-6-7-15-11-19-20-21(15)12-16(14-8-9-14)17(3,4)5/h11,13-14,16,18H,6-10,12H2,1-5H3. The number of nitrogens with zero attached hydrogens (tertiary/aromatic N) is 3. The first kappa shape index (κ1) is 16.5. The largest absolute Gasteiger partial charge is 0.315 e. The molecule has 1 unspecified atom stereocenters. The van der Waals surface area contributed by atoms with Crippen LogP contribution in [-0.4, -0.2) is 27.6 Å². The Balaban J connectivity index is 1.90. The van der Waals surface area contributed by atoms with Crippen molar-refractivity contribution in [3.63, 3.8) is 0 Å². The van der Waals surface area contributed by atoms with Gasteiger partial charge in [-0.2, -0.15) is 0 Å². The minimum absolute atomic E-state index is 0.351. The van der Waals surface area contributed by atoms with Crippen molar-refractivity contribution in [1.29, 1.82) is 0 Å². The first-order valence-corrected chi connectivity index (χ1v) is 8.48. The van der Waals surface area contributed by atoms with E-state index in [1.54, 1.807) is 0 Å². The molecule has 21 heavy (non-hydrogen) atoms. The predicted molar refractivity (Wildman–Crippen MR) is 87.2 cm³/mol. The van der Waals surface area contributed by atoms with Gasteiger partial charge in [0.05, 0.1) is 11.9 Å². The fourth-order valence-electron chi connectivity index (χ4n) is 3.10. The molecule has 1 aromatic heterocycles. The zero-order valence-electron chi connectivity index (χ0n) is 14.4. The molecule has 1 aliphatic carbocycles. The van der Waals surface area contributed by atoms with Gasteiger partial charge in [0.2, 0.25) is 0 Å². The third-order valence-corrected chi connectivity index (χ3v) is 4.53. The third-order valence-electron chi connectivity index (χ3n) is 4.53. The summed E-state index contributed by atoms with van der Waals surface area (Å²) in [7, 11) is 0. The molecular weight excluding hydrogens is 260 g/mol. The molecule has 1 atom stereocenters. The summed E-state index contributed by atoms with van der Waals surface area (Å²) in [4.78, 5) is 0. The van der Waals surface area contributed by atoms with Crippen molar-refractivity contribution < 1.29 is 0 Å². The van der Waals surface area contributed by atoms with Crippen LogP contribution in [0.3, 0.4) is 0 Å². The van der Waals surface area contributed by atoms with Gasteiger partial charge in [-0.15, -0.1) is 5.10 Å². The Morgan fingerprint density at radius 2 is 2.05 bits per heavy atom.